The lowest BCUT2D eigenvalue weighted by Gasteiger charge is -2.02. The predicted octanol–water partition coefficient (Wildman–Crippen LogP) is 3.10. The van der Waals surface area contributed by atoms with Crippen LogP contribution in [-0.4, -0.2) is 9.78 Å². The van der Waals surface area contributed by atoms with Crippen LogP contribution < -0.4 is 5.73 Å². The Morgan fingerprint density at radius 1 is 1.23 bits per heavy atom. The molecule has 1 aromatic heterocycles. The van der Waals surface area contributed by atoms with E-state index in [1.165, 1.54) is 0 Å². The van der Waals surface area contributed by atoms with Gasteiger partial charge < -0.3 is 5.73 Å². The first-order valence-corrected chi connectivity index (χ1v) is 5.01. The van der Waals surface area contributed by atoms with Gasteiger partial charge in [0.1, 0.15) is 5.82 Å². The third kappa shape index (κ3) is 6.20. The fraction of sp³-hybridized carbons (Fsp3) is 0.700. The number of aromatic nitrogens is 2. The van der Waals surface area contributed by atoms with Crippen molar-refractivity contribution in [2.24, 2.45) is 0 Å². The number of hydrogen-bond acceptors (Lipinski definition) is 2. The summed E-state index contributed by atoms with van der Waals surface area (Å²) in [6, 6.07) is 2.20. The second kappa shape index (κ2) is 9.10. The molecule has 0 aromatic carbocycles. The molecule has 0 saturated heterocycles. The fourth-order valence-electron chi connectivity index (χ4n) is 0.640. The average Bonchev–Trinajstić information content (AvgIpc) is 2.59. The Morgan fingerprint density at radius 3 is 1.85 bits per heavy atom. The minimum Gasteiger partial charge on any atom is -0.382 e. The first-order chi connectivity index (χ1) is 6.20. The molecule has 0 radical (unpaired) electrons. The molecule has 0 atom stereocenters. The minimum atomic E-state index is 0.405. The number of rotatable bonds is 1. The van der Waals surface area contributed by atoms with Gasteiger partial charge in [0.15, 0.2) is 0 Å². The van der Waals surface area contributed by atoms with Gasteiger partial charge >= 0.3 is 0 Å². The molecule has 3 heteroatoms. The standard InChI is InChI=1S/C6H11N3.2C2H6/c1-5(2)9-4-3-6(7)8-9;2*1-2/h3-5H,1-2H3,(H2,7,8);2*1-2H3. The summed E-state index contributed by atoms with van der Waals surface area (Å²) in [6.07, 6.45) is 1.88. The van der Waals surface area contributed by atoms with E-state index in [0.29, 0.717) is 11.9 Å². The van der Waals surface area contributed by atoms with Gasteiger partial charge in [0.25, 0.3) is 0 Å². The fourth-order valence-corrected chi connectivity index (χ4v) is 0.640. The topological polar surface area (TPSA) is 43.8 Å². The van der Waals surface area contributed by atoms with Crippen LogP contribution in [0.4, 0.5) is 5.82 Å². The smallest absolute Gasteiger partial charge is 0.145 e. The van der Waals surface area contributed by atoms with Crippen molar-refractivity contribution >= 4 is 5.82 Å². The maximum Gasteiger partial charge on any atom is 0.145 e. The lowest BCUT2D eigenvalue weighted by Crippen LogP contribution is -2.01. The summed E-state index contributed by atoms with van der Waals surface area (Å²) in [5.41, 5.74) is 5.38. The molecule has 2 N–H and O–H groups in total. The van der Waals surface area contributed by atoms with Crippen LogP contribution in [0.3, 0.4) is 0 Å². The Hall–Kier alpha value is -0.990. The van der Waals surface area contributed by atoms with Crippen molar-refractivity contribution in [2.45, 2.75) is 47.6 Å². The lowest BCUT2D eigenvalue weighted by molar-refractivity contribution is 0.534. The summed E-state index contributed by atoms with van der Waals surface area (Å²) >= 11 is 0. The minimum absolute atomic E-state index is 0.405. The predicted molar refractivity (Wildman–Crippen MR) is 59.7 cm³/mol. The van der Waals surface area contributed by atoms with E-state index in [4.69, 9.17) is 5.73 Å². The van der Waals surface area contributed by atoms with Crippen LogP contribution >= 0.6 is 0 Å². The molecule has 0 aliphatic carbocycles. The van der Waals surface area contributed by atoms with Gasteiger partial charge in [-0.05, 0) is 19.9 Å². The summed E-state index contributed by atoms with van der Waals surface area (Å²) in [5.74, 6) is 0.587. The molecule has 0 aliphatic rings. The van der Waals surface area contributed by atoms with E-state index < -0.39 is 0 Å². The molecule has 0 fully saturated rings. The SMILES string of the molecule is CC.CC.CC(C)n1ccc(N)n1. The summed E-state index contributed by atoms with van der Waals surface area (Å²) in [5, 5.41) is 4.00. The van der Waals surface area contributed by atoms with Gasteiger partial charge in [-0.2, -0.15) is 5.10 Å². The van der Waals surface area contributed by atoms with Gasteiger partial charge in [0.2, 0.25) is 0 Å². The monoisotopic (exact) mass is 185 g/mol. The van der Waals surface area contributed by atoms with Crippen molar-refractivity contribution in [3.8, 4) is 0 Å². The maximum absolute atomic E-state index is 5.38. The molecule has 78 valence electrons. The number of hydrogen-bond donors (Lipinski definition) is 1. The molecule has 1 rings (SSSR count). The molecular formula is C10H23N3. The molecule has 0 amide bonds. The zero-order valence-electron chi connectivity index (χ0n) is 9.70. The van der Waals surface area contributed by atoms with Gasteiger partial charge in [-0.3, -0.25) is 4.68 Å². The van der Waals surface area contributed by atoms with E-state index in [-0.39, 0.29) is 0 Å². The van der Waals surface area contributed by atoms with Crippen molar-refractivity contribution in [3.05, 3.63) is 12.3 Å². The highest BCUT2D eigenvalue weighted by molar-refractivity contribution is 5.23. The highest BCUT2D eigenvalue weighted by Gasteiger charge is 1.96. The van der Waals surface area contributed by atoms with Crippen LogP contribution in [0, 0.1) is 0 Å². The van der Waals surface area contributed by atoms with Crippen LogP contribution in [0.15, 0.2) is 12.3 Å². The molecule has 0 saturated carbocycles. The molecule has 13 heavy (non-hydrogen) atoms. The first kappa shape index (κ1) is 14.5. The number of nitrogens with two attached hydrogens (primary N) is 1. The summed E-state index contributed by atoms with van der Waals surface area (Å²) < 4.78 is 1.83. The van der Waals surface area contributed by atoms with Crippen LogP contribution in [0.5, 0.6) is 0 Å². The Balaban J connectivity index is 0. The largest absolute Gasteiger partial charge is 0.382 e. The van der Waals surface area contributed by atoms with Crippen molar-refractivity contribution in [3.63, 3.8) is 0 Å². The van der Waals surface area contributed by atoms with Crippen LogP contribution in [0.1, 0.15) is 47.6 Å². The summed E-state index contributed by atoms with van der Waals surface area (Å²) in [7, 11) is 0. The Bertz CT molecular complexity index is 192. The summed E-state index contributed by atoms with van der Waals surface area (Å²) in [4.78, 5) is 0. The van der Waals surface area contributed by atoms with Gasteiger partial charge in [0, 0.05) is 12.2 Å². The second-order valence-corrected chi connectivity index (χ2v) is 2.31. The highest BCUT2D eigenvalue weighted by atomic mass is 15.3. The molecule has 0 aliphatic heterocycles. The zero-order valence-corrected chi connectivity index (χ0v) is 9.70. The number of anilines is 1. The highest BCUT2D eigenvalue weighted by Crippen LogP contribution is 2.03. The van der Waals surface area contributed by atoms with Crippen LogP contribution in [0.2, 0.25) is 0 Å². The second-order valence-electron chi connectivity index (χ2n) is 2.31. The Morgan fingerprint density at radius 2 is 1.69 bits per heavy atom. The van der Waals surface area contributed by atoms with Crippen molar-refractivity contribution in [1.29, 1.82) is 0 Å². The van der Waals surface area contributed by atoms with E-state index in [2.05, 4.69) is 18.9 Å². The molecule has 0 spiro atoms. The quantitative estimate of drug-likeness (QED) is 0.730. The Kier molecular flexibility index (Phi) is 10.2. The lowest BCUT2D eigenvalue weighted by atomic mass is 10.4. The molecule has 1 aromatic rings. The normalized spacial score (nSPS) is 8.23. The molecule has 3 nitrogen and oxygen atoms in total. The van der Waals surface area contributed by atoms with Gasteiger partial charge in [-0.25, -0.2) is 0 Å². The molecule has 1 heterocycles. The molecular weight excluding hydrogens is 162 g/mol. The number of nitrogen functional groups attached to an aromatic ring is 1. The van der Waals surface area contributed by atoms with E-state index in [1.807, 2.05) is 38.6 Å². The van der Waals surface area contributed by atoms with E-state index in [0.717, 1.165) is 0 Å². The third-order valence-electron chi connectivity index (χ3n) is 1.16. The number of nitrogens with zero attached hydrogens (tertiary/aromatic N) is 2. The van der Waals surface area contributed by atoms with Gasteiger partial charge in [-0.15, -0.1) is 0 Å². The molecule has 0 unspecified atom stereocenters. The van der Waals surface area contributed by atoms with Crippen molar-refractivity contribution < 1.29 is 0 Å². The van der Waals surface area contributed by atoms with Crippen LogP contribution in [0.25, 0.3) is 0 Å². The molecule has 0 bridgehead atoms. The van der Waals surface area contributed by atoms with Gasteiger partial charge in [-0.1, -0.05) is 27.7 Å². The summed E-state index contributed by atoms with van der Waals surface area (Å²) in [6.45, 7) is 12.1. The maximum atomic E-state index is 5.38. The zero-order chi connectivity index (χ0) is 10.9. The van der Waals surface area contributed by atoms with Crippen molar-refractivity contribution in [2.75, 3.05) is 5.73 Å². The van der Waals surface area contributed by atoms with Crippen molar-refractivity contribution in [1.82, 2.24) is 9.78 Å². The van der Waals surface area contributed by atoms with Gasteiger partial charge in [0.05, 0.1) is 0 Å². The van der Waals surface area contributed by atoms with E-state index in [1.54, 1.807) is 6.07 Å². The van der Waals surface area contributed by atoms with E-state index >= 15 is 0 Å². The Labute approximate surface area is 81.9 Å². The third-order valence-corrected chi connectivity index (χ3v) is 1.16. The average molecular weight is 185 g/mol. The van der Waals surface area contributed by atoms with Crippen LogP contribution in [-0.2, 0) is 0 Å². The first-order valence-electron chi connectivity index (χ1n) is 5.01. The van der Waals surface area contributed by atoms with E-state index in [9.17, 15) is 0 Å².